The molecular formula is C11H9NO2S. The van der Waals surface area contributed by atoms with E-state index in [-0.39, 0.29) is 5.75 Å². The normalized spacial score (nSPS) is 10.1. The fourth-order valence-electron chi connectivity index (χ4n) is 1.42. The van der Waals surface area contributed by atoms with E-state index in [4.69, 9.17) is 5.73 Å². The van der Waals surface area contributed by atoms with Crippen molar-refractivity contribution in [1.82, 2.24) is 0 Å². The second-order valence-corrected chi connectivity index (χ2v) is 3.98. The molecule has 0 unspecified atom stereocenters. The SMILES string of the molecule is Nc1cccc(O)c1-c1sccc1C=O. The average Bonchev–Trinajstić information content (AvgIpc) is 2.65. The standard InChI is InChI=1S/C11H9NO2S/c12-8-2-1-3-9(14)10(8)11-7(6-13)4-5-15-11/h1-6,14H,12H2. The van der Waals surface area contributed by atoms with Gasteiger partial charge in [0.05, 0.1) is 10.4 Å². The second kappa shape index (κ2) is 3.74. The number of thiophene rings is 1. The first-order chi connectivity index (χ1) is 7.24. The monoisotopic (exact) mass is 219 g/mol. The van der Waals surface area contributed by atoms with Crippen LogP contribution in [0.5, 0.6) is 5.75 Å². The lowest BCUT2D eigenvalue weighted by Crippen LogP contribution is -1.90. The van der Waals surface area contributed by atoms with Crippen LogP contribution < -0.4 is 5.73 Å². The van der Waals surface area contributed by atoms with Crippen LogP contribution in [0.1, 0.15) is 10.4 Å². The molecule has 0 saturated carbocycles. The molecule has 0 aliphatic rings. The highest BCUT2D eigenvalue weighted by molar-refractivity contribution is 7.14. The van der Waals surface area contributed by atoms with Gasteiger partial charge in [-0.05, 0) is 23.6 Å². The Kier molecular flexibility index (Phi) is 2.43. The summed E-state index contributed by atoms with van der Waals surface area (Å²) in [4.78, 5) is 11.5. The van der Waals surface area contributed by atoms with Crippen molar-refractivity contribution in [2.24, 2.45) is 0 Å². The van der Waals surface area contributed by atoms with Crippen LogP contribution in [0.25, 0.3) is 10.4 Å². The Bertz CT molecular complexity index is 485. The van der Waals surface area contributed by atoms with E-state index in [0.29, 0.717) is 21.7 Å². The highest BCUT2D eigenvalue weighted by Crippen LogP contribution is 2.38. The molecule has 0 atom stereocenters. The lowest BCUT2D eigenvalue weighted by Gasteiger charge is -2.06. The first-order valence-electron chi connectivity index (χ1n) is 4.34. The molecule has 0 radical (unpaired) electrons. The maximum absolute atomic E-state index is 10.8. The van der Waals surface area contributed by atoms with Gasteiger partial charge in [0.25, 0.3) is 0 Å². The number of carbonyl (C=O) groups is 1. The fraction of sp³-hybridized carbons (Fsp3) is 0. The molecule has 76 valence electrons. The van der Waals surface area contributed by atoms with E-state index < -0.39 is 0 Å². The van der Waals surface area contributed by atoms with Crippen LogP contribution in [0.3, 0.4) is 0 Å². The van der Waals surface area contributed by atoms with Gasteiger partial charge in [-0.2, -0.15) is 0 Å². The Balaban J connectivity index is 2.68. The molecule has 2 aromatic rings. The summed E-state index contributed by atoms with van der Waals surface area (Å²) >= 11 is 1.38. The third-order valence-electron chi connectivity index (χ3n) is 2.12. The molecular weight excluding hydrogens is 210 g/mol. The smallest absolute Gasteiger partial charge is 0.151 e. The Labute approximate surface area is 90.8 Å². The van der Waals surface area contributed by atoms with Crippen molar-refractivity contribution < 1.29 is 9.90 Å². The average molecular weight is 219 g/mol. The highest BCUT2D eigenvalue weighted by atomic mass is 32.1. The topological polar surface area (TPSA) is 63.3 Å². The van der Waals surface area contributed by atoms with Crippen LogP contribution >= 0.6 is 11.3 Å². The zero-order chi connectivity index (χ0) is 10.8. The lowest BCUT2D eigenvalue weighted by molar-refractivity contribution is 0.112. The number of nitrogen functional groups attached to an aromatic ring is 1. The summed E-state index contributed by atoms with van der Waals surface area (Å²) in [5, 5.41) is 11.5. The van der Waals surface area contributed by atoms with E-state index in [9.17, 15) is 9.90 Å². The van der Waals surface area contributed by atoms with Crippen molar-refractivity contribution in [1.29, 1.82) is 0 Å². The minimum atomic E-state index is 0.0977. The number of benzene rings is 1. The Morgan fingerprint density at radius 2 is 2.13 bits per heavy atom. The van der Waals surface area contributed by atoms with E-state index in [1.165, 1.54) is 11.3 Å². The quantitative estimate of drug-likeness (QED) is 0.602. The molecule has 1 aromatic carbocycles. The van der Waals surface area contributed by atoms with Crippen molar-refractivity contribution >= 4 is 23.3 Å². The van der Waals surface area contributed by atoms with Crippen LogP contribution in [0.4, 0.5) is 5.69 Å². The Morgan fingerprint density at radius 1 is 1.33 bits per heavy atom. The molecule has 4 heteroatoms. The zero-order valence-corrected chi connectivity index (χ0v) is 8.62. The zero-order valence-electron chi connectivity index (χ0n) is 7.81. The van der Waals surface area contributed by atoms with E-state index in [0.717, 1.165) is 6.29 Å². The molecule has 3 N–H and O–H groups in total. The number of carbonyl (C=O) groups excluding carboxylic acids is 1. The summed E-state index contributed by atoms with van der Waals surface area (Å²) in [6.45, 7) is 0. The van der Waals surface area contributed by atoms with E-state index in [1.807, 2.05) is 0 Å². The second-order valence-electron chi connectivity index (χ2n) is 3.06. The number of hydrogen-bond acceptors (Lipinski definition) is 4. The molecule has 1 aromatic heterocycles. The molecule has 0 aliphatic heterocycles. The van der Waals surface area contributed by atoms with Crippen molar-refractivity contribution in [2.75, 3.05) is 5.73 Å². The van der Waals surface area contributed by atoms with Gasteiger partial charge in [-0.15, -0.1) is 11.3 Å². The predicted octanol–water partition coefficient (Wildman–Crippen LogP) is 2.52. The number of aldehydes is 1. The number of phenols is 1. The third-order valence-corrected chi connectivity index (χ3v) is 3.07. The van der Waals surface area contributed by atoms with Crippen molar-refractivity contribution in [3.63, 3.8) is 0 Å². The third kappa shape index (κ3) is 1.59. The van der Waals surface area contributed by atoms with Crippen LogP contribution in [0.2, 0.25) is 0 Å². The van der Waals surface area contributed by atoms with Crippen molar-refractivity contribution in [2.45, 2.75) is 0 Å². The number of phenolic OH excluding ortho intramolecular Hbond substituents is 1. The first kappa shape index (κ1) is 9.73. The van der Waals surface area contributed by atoms with Gasteiger partial charge in [0.2, 0.25) is 0 Å². The van der Waals surface area contributed by atoms with Crippen LogP contribution in [-0.4, -0.2) is 11.4 Å². The molecule has 0 bridgehead atoms. The number of anilines is 1. The van der Waals surface area contributed by atoms with E-state index >= 15 is 0 Å². The van der Waals surface area contributed by atoms with Gasteiger partial charge in [0.1, 0.15) is 5.75 Å². The highest BCUT2D eigenvalue weighted by Gasteiger charge is 2.13. The van der Waals surface area contributed by atoms with Crippen molar-refractivity contribution in [3.05, 3.63) is 35.2 Å². The molecule has 0 amide bonds. The Hall–Kier alpha value is -1.81. The molecule has 0 saturated heterocycles. The molecule has 0 aliphatic carbocycles. The van der Waals surface area contributed by atoms with Gasteiger partial charge in [0, 0.05) is 11.3 Å². The largest absolute Gasteiger partial charge is 0.507 e. The molecule has 0 fully saturated rings. The minimum absolute atomic E-state index is 0.0977. The number of aromatic hydroxyl groups is 1. The number of hydrogen-bond donors (Lipinski definition) is 2. The van der Waals surface area contributed by atoms with Gasteiger partial charge >= 0.3 is 0 Å². The summed E-state index contributed by atoms with van der Waals surface area (Å²) < 4.78 is 0. The van der Waals surface area contributed by atoms with Crippen LogP contribution in [-0.2, 0) is 0 Å². The molecule has 3 nitrogen and oxygen atoms in total. The van der Waals surface area contributed by atoms with Gasteiger partial charge in [-0.1, -0.05) is 6.07 Å². The van der Waals surface area contributed by atoms with Gasteiger partial charge < -0.3 is 10.8 Å². The summed E-state index contributed by atoms with van der Waals surface area (Å²) in [7, 11) is 0. The minimum Gasteiger partial charge on any atom is -0.507 e. The fourth-order valence-corrected chi connectivity index (χ4v) is 2.36. The lowest BCUT2D eigenvalue weighted by atomic mass is 10.1. The molecule has 15 heavy (non-hydrogen) atoms. The van der Waals surface area contributed by atoms with Crippen LogP contribution in [0.15, 0.2) is 29.6 Å². The van der Waals surface area contributed by atoms with Crippen molar-refractivity contribution in [3.8, 4) is 16.2 Å². The van der Waals surface area contributed by atoms with Gasteiger partial charge in [-0.3, -0.25) is 4.79 Å². The van der Waals surface area contributed by atoms with Gasteiger partial charge in [0.15, 0.2) is 6.29 Å². The number of rotatable bonds is 2. The van der Waals surface area contributed by atoms with E-state index in [2.05, 4.69) is 0 Å². The Morgan fingerprint density at radius 3 is 2.80 bits per heavy atom. The van der Waals surface area contributed by atoms with E-state index in [1.54, 1.807) is 29.6 Å². The summed E-state index contributed by atoms with van der Waals surface area (Å²) in [5.74, 6) is 0.0977. The first-order valence-corrected chi connectivity index (χ1v) is 5.22. The summed E-state index contributed by atoms with van der Waals surface area (Å²) in [6, 6.07) is 6.63. The van der Waals surface area contributed by atoms with Crippen LogP contribution in [0, 0.1) is 0 Å². The number of nitrogens with two attached hydrogens (primary N) is 1. The summed E-state index contributed by atoms with van der Waals surface area (Å²) in [5.41, 5.74) is 7.33. The molecule has 1 heterocycles. The molecule has 0 spiro atoms. The maximum Gasteiger partial charge on any atom is 0.151 e. The maximum atomic E-state index is 10.8. The molecule has 2 rings (SSSR count). The predicted molar refractivity (Wildman–Crippen MR) is 61.2 cm³/mol. The van der Waals surface area contributed by atoms with Gasteiger partial charge in [-0.25, -0.2) is 0 Å². The summed E-state index contributed by atoms with van der Waals surface area (Å²) in [6.07, 6.45) is 0.762.